The van der Waals surface area contributed by atoms with Gasteiger partial charge in [0, 0.05) is 16.3 Å². The second-order valence-electron chi connectivity index (χ2n) is 7.06. The third-order valence-electron chi connectivity index (χ3n) is 4.92. The van der Waals surface area contributed by atoms with Gasteiger partial charge >= 0.3 is 5.97 Å². The summed E-state index contributed by atoms with van der Waals surface area (Å²) in [6, 6.07) is 22.5. The minimum absolute atomic E-state index is 0.192. The molecule has 0 saturated carbocycles. The first-order chi connectivity index (χ1) is 15.0. The van der Waals surface area contributed by atoms with E-state index in [0.29, 0.717) is 28.6 Å². The van der Waals surface area contributed by atoms with E-state index in [1.165, 1.54) is 0 Å². The summed E-state index contributed by atoms with van der Waals surface area (Å²) in [6.45, 7) is 2.15. The molecule has 2 N–H and O–H groups in total. The number of hydrogen-bond acceptors (Lipinski definition) is 4. The van der Waals surface area contributed by atoms with Gasteiger partial charge in [-0.2, -0.15) is 0 Å². The molecular weight excluding hydrogens is 412 g/mol. The molecule has 0 aromatic heterocycles. The van der Waals surface area contributed by atoms with Gasteiger partial charge in [-0.1, -0.05) is 60.1 Å². The van der Waals surface area contributed by atoms with Gasteiger partial charge in [0.25, 0.3) is 5.91 Å². The fourth-order valence-corrected chi connectivity index (χ4v) is 3.68. The molecule has 6 heteroatoms. The molecule has 0 bridgehead atoms. The number of nitrogens with one attached hydrogen (secondary N) is 2. The Balaban J connectivity index is 1.71. The van der Waals surface area contributed by atoms with E-state index >= 15 is 0 Å². The van der Waals surface area contributed by atoms with Crippen molar-refractivity contribution in [1.29, 1.82) is 0 Å². The van der Waals surface area contributed by atoms with E-state index in [4.69, 9.17) is 16.3 Å². The number of amides is 1. The zero-order valence-electron chi connectivity index (χ0n) is 16.9. The highest BCUT2D eigenvalue weighted by Gasteiger charge is 2.28. The molecule has 1 aliphatic rings. The second kappa shape index (κ2) is 9.06. The molecule has 0 spiro atoms. The third kappa shape index (κ3) is 4.62. The maximum Gasteiger partial charge on any atom is 0.310 e. The molecular formula is C25H21ClN2O3. The van der Waals surface area contributed by atoms with Crippen LogP contribution in [0.5, 0.6) is 0 Å². The molecule has 0 fully saturated rings. The molecule has 1 amide bonds. The molecule has 31 heavy (non-hydrogen) atoms. The first-order valence-corrected chi connectivity index (χ1v) is 10.4. The van der Waals surface area contributed by atoms with Gasteiger partial charge in [-0.15, -0.1) is 0 Å². The Morgan fingerprint density at radius 3 is 2.48 bits per heavy atom. The van der Waals surface area contributed by atoms with Crippen molar-refractivity contribution in [2.24, 2.45) is 0 Å². The highest BCUT2D eigenvalue weighted by atomic mass is 35.5. The van der Waals surface area contributed by atoms with Crippen LogP contribution in [-0.4, -0.2) is 18.5 Å². The topological polar surface area (TPSA) is 67.4 Å². The van der Waals surface area contributed by atoms with E-state index < -0.39 is 0 Å². The van der Waals surface area contributed by atoms with Crippen LogP contribution in [0.3, 0.4) is 0 Å². The highest BCUT2D eigenvalue weighted by molar-refractivity contribution is 6.38. The van der Waals surface area contributed by atoms with Crippen molar-refractivity contribution in [3.05, 3.63) is 94.5 Å². The van der Waals surface area contributed by atoms with Crippen LogP contribution >= 0.6 is 11.6 Å². The average Bonchev–Trinajstić information content (AvgIpc) is 3.08. The van der Waals surface area contributed by atoms with Crippen LogP contribution in [0.25, 0.3) is 11.3 Å². The lowest BCUT2D eigenvalue weighted by molar-refractivity contribution is -0.142. The predicted molar refractivity (Wildman–Crippen MR) is 124 cm³/mol. The van der Waals surface area contributed by atoms with Crippen molar-refractivity contribution in [3.63, 3.8) is 0 Å². The zero-order valence-corrected chi connectivity index (χ0v) is 17.7. The van der Waals surface area contributed by atoms with Crippen molar-refractivity contribution in [2.75, 3.05) is 17.2 Å². The summed E-state index contributed by atoms with van der Waals surface area (Å²) in [6.07, 6.45) is 0.220. The summed E-state index contributed by atoms with van der Waals surface area (Å²) in [5.41, 5.74) is 5.26. The van der Waals surface area contributed by atoms with Crippen LogP contribution < -0.4 is 10.6 Å². The Morgan fingerprint density at radius 1 is 1.03 bits per heavy atom. The van der Waals surface area contributed by atoms with Crippen molar-refractivity contribution in [3.8, 4) is 0 Å². The minimum Gasteiger partial charge on any atom is -0.466 e. The Morgan fingerprint density at radius 2 is 1.77 bits per heavy atom. The maximum atomic E-state index is 12.9. The Labute approximate surface area is 185 Å². The summed E-state index contributed by atoms with van der Waals surface area (Å²) in [4.78, 5) is 24.6. The minimum atomic E-state index is -0.256. The maximum absolute atomic E-state index is 12.9. The number of esters is 1. The Kier molecular flexibility index (Phi) is 6.05. The summed E-state index contributed by atoms with van der Waals surface area (Å²) in [5.74, 6) is -0.448. The largest absolute Gasteiger partial charge is 0.466 e. The van der Waals surface area contributed by atoms with E-state index in [-0.39, 0.29) is 18.3 Å². The molecule has 0 atom stereocenters. The quantitative estimate of drug-likeness (QED) is 0.405. The van der Waals surface area contributed by atoms with Crippen molar-refractivity contribution >= 4 is 46.1 Å². The van der Waals surface area contributed by atoms with Crippen LogP contribution in [0.4, 0.5) is 11.4 Å². The number of carbonyl (C=O) groups excluding carboxylic acids is 2. The standard InChI is InChI=1S/C25H21ClN2O3/c1-2-31-22(29)14-16-8-11-19(12-9-16)27-24(17-6-4-3-5-7-17)23-20-13-10-18(26)15-21(20)28-25(23)30/h3-13,15,27H,2,14H2,1H3,(H,28,30)/b24-23-. The molecule has 0 saturated heterocycles. The summed E-state index contributed by atoms with van der Waals surface area (Å²) in [7, 11) is 0. The number of ether oxygens (including phenoxy) is 1. The van der Waals surface area contributed by atoms with E-state index in [0.717, 1.165) is 22.4 Å². The van der Waals surface area contributed by atoms with E-state index in [1.54, 1.807) is 19.1 Å². The van der Waals surface area contributed by atoms with Gasteiger partial charge in [0.2, 0.25) is 0 Å². The smallest absolute Gasteiger partial charge is 0.310 e. The van der Waals surface area contributed by atoms with Gasteiger partial charge in [-0.05, 0) is 42.3 Å². The number of fused-ring (bicyclic) bond motifs is 1. The predicted octanol–water partition coefficient (Wildman–Crippen LogP) is 5.38. The average molecular weight is 433 g/mol. The normalized spacial score (nSPS) is 13.9. The molecule has 5 nitrogen and oxygen atoms in total. The molecule has 3 aromatic carbocycles. The van der Waals surface area contributed by atoms with Crippen LogP contribution in [0, 0.1) is 0 Å². The third-order valence-corrected chi connectivity index (χ3v) is 5.15. The fourth-order valence-electron chi connectivity index (χ4n) is 3.51. The van der Waals surface area contributed by atoms with Gasteiger partial charge in [-0.25, -0.2) is 0 Å². The Hall–Kier alpha value is -3.57. The van der Waals surface area contributed by atoms with Gasteiger partial charge < -0.3 is 15.4 Å². The number of carbonyl (C=O) groups is 2. The van der Waals surface area contributed by atoms with Crippen LogP contribution in [0.2, 0.25) is 5.02 Å². The highest BCUT2D eigenvalue weighted by Crippen LogP contribution is 2.38. The van der Waals surface area contributed by atoms with Crippen LogP contribution in [0.15, 0.2) is 72.8 Å². The number of benzene rings is 3. The van der Waals surface area contributed by atoms with Crippen molar-refractivity contribution in [1.82, 2.24) is 0 Å². The second-order valence-corrected chi connectivity index (χ2v) is 7.50. The number of halogens is 1. The number of rotatable bonds is 6. The van der Waals surface area contributed by atoms with Gasteiger partial charge in [-0.3, -0.25) is 9.59 Å². The summed E-state index contributed by atoms with van der Waals surface area (Å²) >= 11 is 6.10. The van der Waals surface area contributed by atoms with E-state index in [2.05, 4.69) is 10.6 Å². The van der Waals surface area contributed by atoms with Crippen molar-refractivity contribution < 1.29 is 14.3 Å². The molecule has 3 aromatic rings. The summed E-state index contributed by atoms with van der Waals surface area (Å²) < 4.78 is 5.00. The number of anilines is 2. The zero-order chi connectivity index (χ0) is 21.8. The van der Waals surface area contributed by atoms with Crippen molar-refractivity contribution in [2.45, 2.75) is 13.3 Å². The first-order valence-electron chi connectivity index (χ1n) is 9.97. The molecule has 1 aliphatic heterocycles. The molecule has 0 unspecified atom stereocenters. The molecule has 4 rings (SSSR count). The van der Waals surface area contributed by atoms with E-state index in [1.807, 2.05) is 60.7 Å². The monoisotopic (exact) mass is 432 g/mol. The fraction of sp³-hybridized carbons (Fsp3) is 0.120. The van der Waals surface area contributed by atoms with Gasteiger partial charge in [0.05, 0.1) is 30.0 Å². The summed E-state index contributed by atoms with van der Waals surface area (Å²) in [5, 5.41) is 6.85. The number of hydrogen-bond donors (Lipinski definition) is 2. The molecule has 156 valence electrons. The lowest BCUT2D eigenvalue weighted by atomic mass is 10.00. The van der Waals surface area contributed by atoms with Gasteiger partial charge in [0.1, 0.15) is 0 Å². The molecule has 0 aliphatic carbocycles. The lowest BCUT2D eigenvalue weighted by Gasteiger charge is -2.15. The van der Waals surface area contributed by atoms with Crippen LogP contribution in [0.1, 0.15) is 23.6 Å². The SMILES string of the molecule is CCOC(=O)Cc1ccc(N/C(=C2\C(=O)Nc3cc(Cl)ccc32)c2ccccc2)cc1. The van der Waals surface area contributed by atoms with Gasteiger partial charge in [0.15, 0.2) is 0 Å². The van der Waals surface area contributed by atoms with E-state index in [9.17, 15) is 9.59 Å². The Bertz CT molecular complexity index is 1160. The lowest BCUT2D eigenvalue weighted by Crippen LogP contribution is -2.10. The molecule has 0 radical (unpaired) electrons. The van der Waals surface area contributed by atoms with Crippen LogP contribution in [-0.2, 0) is 20.7 Å². The first kappa shape index (κ1) is 20.7. The molecule has 1 heterocycles.